The van der Waals surface area contributed by atoms with Gasteiger partial charge in [0.05, 0.1) is 10.3 Å². The summed E-state index contributed by atoms with van der Waals surface area (Å²) in [5.41, 5.74) is 0. The quantitative estimate of drug-likeness (QED) is 0.601. The highest BCUT2D eigenvalue weighted by Gasteiger charge is 1.80. The molecule has 0 spiro atoms. The standard InChI is InChI=1S/C5H6I2N2/c6-2-1-3-9-4-5(7)8/h1-3,8H,4H2/b2-1-,8-5?,9-3?. The summed E-state index contributed by atoms with van der Waals surface area (Å²) in [5.74, 6) is 0. The largest absolute Gasteiger partial charge is 0.297 e. The van der Waals surface area contributed by atoms with Gasteiger partial charge in [-0.3, -0.25) is 10.4 Å². The molecule has 0 fully saturated rings. The van der Waals surface area contributed by atoms with Crippen LogP contribution in [0.1, 0.15) is 0 Å². The molecule has 0 rings (SSSR count). The molecule has 0 saturated heterocycles. The van der Waals surface area contributed by atoms with Gasteiger partial charge in [-0.05, 0) is 32.7 Å². The van der Waals surface area contributed by atoms with Crippen molar-refractivity contribution in [3.05, 3.63) is 10.2 Å². The summed E-state index contributed by atoms with van der Waals surface area (Å²) in [6.45, 7) is 0.502. The lowest BCUT2D eigenvalue weighted by atomic mass is 10.7. The Morgan fingerprint density at radius 3 is 2.78 bits per heavy atom. The van der Waals surface area contributed by atoms with Gasteiger partial charge in [0.1, 0.15) is 0 Å². The Morgan fingerprint density at radius 1 is 1.67 bits per heavy atom. The monoisotopic (exact) mass is 348 g/mol. The van der Waals surface area contributed by atoms with Crippen LogP contribution in [0.3, 0.4) is 0 Å². The van der Waals surface area contributed by atoms with Crippen LogP contribution in [0, 0.1) is 5.41 Å². The van der Waals surface area contributed by atoms with Crippen molar-refractivity contribution in [2.24, 2.45) is 4.99 Å². The SMILES string of the molecule is N=C(I)CN=C/C=C\I. The molecule has 0 aromatic rings. The third kappa shape index (κ3) is 8.54. The van der Waals surface area contributed by atoms with Crippen molar-refractivity contribution in [2.75, 3.05) is 6.54 Å². The van der Waals surface area contributed by atoms with Gasteiger partial charge in [-0.15, -0.1) is 0 Å². The van der Waals surface area contributed by atoms with Crippen LogP contribution < -0.4 is 0 Å². The molecule has 0 heterocycles. The fourth-order valence-electron chi connectivity index (χ4n) is 0.226. The minimum Gasteiger partial charge on any atom is -0.297 e. The Bertz CT molecular complexity index is 140. The predicted molar refractivity (Wildman–Crippen MR) is 58.3 cm³/mol. The van der Waals surface area contributed by atoms with Crippen molar-refractivity contribution in [2.45, 2.75) is 0 Å². The number of hydrogen-bond donors (Lipinski definition) is 1. The van der Waals surface area contributed by atoms with Gasteiger partial charge in [0.25, 0.3) is 0 Å². The van der Waals surface area contributed by atoms with E-state index in [0.29, 0.717) is 10.3 Å². The van der Waals surface area contributed by atoms with Crippen LogP contribution in [0.15, 0.2) is 15.2 Å². The Balaban J connectivity index is 3.36. The van der Waals surface area contributed by atoms with Crippen LogP contribution in [-0.2, 0) is 0 Å². The van der Waals surface area contributed by atoms with E-state index in [1.807, 2.05) is 32.7 Å². The summed E-state index contributed by atoms with van der Waals surface area (Å²) < 4.78 is 2.43. The lowest BCUT2D eigenvalue weighted by Gasteiger charge is -1.82. The fourth-order valence-corrected chi connectivity index (χ4v) is 0.609. The Hall–Kier alpha value is 0.540. The van der Waals surface area contributed by atoms with Gasteiger partial charge >= 0.3 is 0 Å². The van der Waals surface area contributed by atoms with E-state index in [4.69, 9.17) is 5.41 Å². The Labute approximate surface area is 81.6 Å². The molecule has 0 aromatic heterocycles. The summed E-state index contributed by atoms with van der Waals surface area (Å²) >= 11 is 4.05. The fraction of sp³-hybridized carbons (Fsp3) is 0.200. The number of aliphatic imine (C=N–C) groups is 1. The molecule has 0 aliphatic heterocycles. The van der Waals surface area contributed by atoms with Gasteiger partial charge in [0.15, 0.2) is 0 Å². The van der Waals surface area contributed by atoms with Gasteiger partial charge in [0.2, 0.25) is 0 Å². The third-order valence-electron chi connectivity index (χ3n) is 0.494. The predicted octanol–water partition coefficient (Wildman–Crippen LogP) is 2.42. The highest BCUT2D eigenvalue weighted by atomic mass is 127. The van der Waals surface area contributed by atoms with E-state index in [2.05, 4.69) is 27.6 Å². The van der Waals surface area contributed by atoms with E-state index in [0.717, 1.165) is 0 Å². The van der Waals surface area contributed by atoms with E-state index in [1.165, 1.54) is 0 Å². The van der Waals surface area contributed by atoms with E-state index in [9.17, 15) is 0 Å². The van der Waals surface area contributed by atoms with Crippen LogP contribution in [0.4, 0.5) is 0 Å². The number of allylic oxidation sites excluding steroid dienone is 1. The molecule has 0 aliphatic carbocycles. The Morgan fingerprint density at radius 2 is 2.33 bits per heavy atom. The molecule has 0 unspecified atom stereocenters. The number of nitrogens with one attached hydrogen (secondary N) is 1. The third-order valence-corrected chi connectivity index (χ3v) is 1.25. The smallest absolute Gasteiger partial charge is 0.0908 e. The van der Waals surface area contributed by atoms with Gasteiger partial charge in [-0.25, -0.2) is 0 Å². The maximum atomic E-state index is 6.98. The van der Waals surface area contributed by atoms with E-state index in [-0.39, 0.29) is 0 Å². The molecule has 0 atom stereocenters. The highest BCUT2D eigenvalue weighted by Crippen LogP contribution is 1.86. The number of nitrogens with zero attached hydrogens (tertiary/aromatic N) is 1. The molecular weight excluding hydrogens is 342 g/mol. The van der Waals surface area contributed by atoms with Crippen molar-refractivity contribution >= 4 is 55.1 Å². The number of rotatable bonds is 3. The van der Waals surface area contributed by atoms with Crippen molar-refractivity contribution in [3.8, 4) is 0 Å². The number of halogens is 2. The first-order valence-corrected chi connectivity index (χ1v) is 4.58. The summed E-state index contributed by atoms with van der Waals surface area (Å²) in [4.78, 5) is 3.91. The molecule has 9 heavy (non-hydrogen) atoms. The minimum atomic E-state index is 0.502. The second kappa shape index (κ2) is 6.66. The second-order valence-electron chi connectivity index (χ2n) is 1.21. The van der Waals surface area contributed by atoms with Crippen LogP contribution in [0.25, 0.3) is 0 Å². The van der Waals surface area contributed by atoms with Crippen LogP contribution in [-0.4, -0.2) is 16.5 Å². The summed E-state index contributed by atoms with van der Waals surface area (Å²) in [7, 11) is 0. The lowest BCUT2D eigenvalue weighted by molar-refractivity contribution is 1.31. The average molecular weight is 348 g/mol. The zero-order valence-corrected chi connectivity index (χ0v) is 8.96. The van der Waals surface area contributed by atoms with Crippen molar-refractivity contribution < 1.29 is 0 Å². The van der Waals surface area contributed by atoms with Crippen LogP contribution in [0.2, 0.25) is 0 Å². The zero-order chi connectivity index (χ0) is 7.11. The summed E-state index contributed by atoms with van der Waals surface area (Å²) in [5, 5.41) is 6.98. The summed E-state index contributed by atoms with van der Waals surface area (Å²) in [6, 6.07) is 0. The van der Waals surface area contributed by atoms with E-state index >= 15 is 0 Å². The topological polar surface area (TPSA) is 36.2 Å². The molecule has 0 radical (unpaired) electrons. The summed E-state index contributed by atoms with van der Waals surface area (Å²) in [6.07, 6.45) is 3.53. The second-order valence-corrected chi connectivity index (χ2v) is 3.23. The molecule has 2 nitrogen and oxygen atoms in total. The molecule has 0 amide bonds. The first-order chi connectivity index (χ1) is 4.27. The first-order valence-electron chi connectivity index (χ1n) is 2.25. The van der Waals surface area contributed by atoms with Gasteiger partial charge < -0.3 is 0 Å². The Kier molecular flexibility index (Phi) is 7.06. The minimum absolute atomic E-state index is 0.502. The van der Waals surface area contributed by atoms with E-state index < -0.39 is 0 Å². The van der Waals surface area contributed by atoms with Crippen LogP contribution >= 0.6 is 45.2 Å². The van der Waals surface area contributed by atoms with Crippen molar-refractivity contribution in [1.82, 2.24) is 0 Å². The zero-order valence-electron chi connectivity index (χ0n) is 4.64. The van der Waals surface area contributed by atoms with Crippen molar-refractivity contribution in [3.63, 3.8) is 0 Å². The van der Waals surface area contributed by atoms with Gasteiger partial charge in [0, 0.05) is 6.21 Å². The van der Waals surface area contributed by atoms with Gasteiger partial charge in [-0.2, -0.15) is 0 Å². The molecule has 0 aliphatic rings. The van der Waals surface area contributed by atoms with E-state index in [1.54, 1.807) is 6.21 Å². The average Bonchev–Trinajstić information content (AvgIpc) is 1.80. The normalized spacial score (nSPS) is 11.3. The molecular formula is C5H6I2N2. The molecule has 0 bridgehead atoms. The lowest BCUT2D eigenvalue weighted by Crippen LogP contribution is -1.87. The molecule has 4 heteroatoms. The molecule has 0 saturated carbocycles. The van der Waals surface area contributed by atoms with Crippen molar-refractivity contribution in [1.29, 1.82) is 5.41 Å². The molecule has 0 aromatic carbocycles. The molecule has 1 N–H and O–H groups in total. The van der Waals surface area contributed by atoms with Crippen LogP contribution in [0.5, 0.6) is 0 Å². The van der Waals surface area contributed by atoms with Gasteiger partial charge in [-0.1, -0.05) is 22.6 Å². The number of hydrogen-bond acceptors (Lipinski definition) is 2. The highest BCUT2D eigenvalue weighted by molar-refractivity contribution is 14.1. The molecule has 50 valence electrons. The maximum Gasteiger partial charge on any atom is 0.0908 e. The first kappa shape index (κ1) is 9.54. The maximum absolute atomic E-state index is 6.98.